The molecule has 0 aromatic heterocycles. The van der Waals surface area contributed by atoms with Gasteiger partial charge in [0, 0.05) is 12.8 Å². The molecule has 0 atom stereocenters. The lowest BCUT2D eigenvalue weighted by Crippen LogP contribution is -2.49. The van der Waals surface area contributed by atoms with Crippen LogP contribution >= 0.6 is 0 Å². The van der Waals surface area contributed by atoms with E-state index in [0.717, 1.165) is 5.56 Å². The number of rotatable bonds is 4. The van der Waals surface area contributed by atoms with Crippen LogP contribution < -0.4 is 0 Å². The molecule has 19 heavy (non-hydrogen) atoms. The number of ketones is 1. The summed E-state index contributed by atoms with van der Waals surface area (Å²) in [4.78, 5) is 23.5. The third-order valence-corrected chi connectivity index (χ3v) is 3.79. The lowest BCUT2D eigenvalue weighted by Gasteiger charge is -2.38. The molecule has 3 heteroatoms. The van der Waals surface area contributed by atoms with Crippen molar-refractivity contribution in [2.24, 2.45) is 0 Å². The maximum absolute atomic E-state index is 12.1. The van der Waals surface area contributed by atoms with E-state index in [1.165, 1.54) is 5.56 Å². The van der Waals surface area contributed by atoms with Gasteiger partial charge in [0.25, 0.3) is 0 Å². The first-order valence-corrected chi connectivity index (χ1v) is 6.79. The molecular formula is C16H20O3. The van der Waals surface area contributed by atoms with Crippen LogP contribution in [0.1, 0.15) is 50.7 Å². The Kier molecular flexibility index (Phi) is 3.74. The van der Waals surface area contributed by atoms with Crippen LogP contribution in [0, 0.1) is 0 Å². The third-order valence-electron chi connectivity index (χ3n) is 3.79. The van der Waals surface area contributed by atoms with Gasteiger partial charge in [-0.05, 0) is 24.0 Å². The Morgan fingerprint density at radius 1 is 1.26 bits per heavy atom. The van der Waals surface area contributed by atoms with Crippen LogP contribution in [0.2, 0.25) is 0 Å². The molecule has 1 aromatic carbocycles. The Balaban J connectivity index is 2.29. The lowest BCUT2D eigenvalue weighted by atomic mass is 9.63. The number of carbonyl (C=O) groups excluding carboxylic acids is 2. The van der Waals surface area contributed by atoms with Crippen LogP contribution in [0.3, 0.4) is 0 Å². The van der Waals surface area contributed by atoms with Gasteiger partial charge in [-0.3, -0.25) is 9.59 Å². The van der Waals surface area contributed by atoms with Crippen molar-refractivity contribution in [3.63, 3.8) is 0 Å². The summed E-state index contributed by atoms with van der Waals surface area (Å²) in [6, 6.07) is 7.98. The maximum Gasteiger partial charge on any atom is 0.317 e. The van der Waals surface area contributed by atoms with Gasteiger partial charge in [0.1, 0.15) is 11.2 Å². The highest BCUT2D eigenvalue weighted by Gasteiger charge is 2.52. The molecule has 1 aliphatic rings. The number of Topliss-reactive ketones (excluding diaryl/α,β-unsaturated/α-hetero) is 1. The van der Waals surface area contributed by atoms with Crippen molar-refractivity contribution in [2.75, 3.05) is 6.61 Å². The van der Waals surface area contributed by atoms with Crippen molar-refractivity contribution >= 4 is 11.8 Å². The minimum Gasteiger partial charge on any atom is -0.465 e. The molecule has 1 aliphatic carbocycles. The van der Waals surface area contributed by atoms with Gasteiger partial charge in [-0.15, -0.1) is 0 Å². The number of hydrogen-bond acceptors (Lipinski definition) is 3. The van der Waals surface area contributed by atoms with Crippen LogP contribution in [0.5, 0.6) is 0 Å². The number of ether oxygens (including phenoxy) is 1. The smallest absolute Gasteiger partial charge is 0.317 e. The second kappa shape index (κ2) is 5.16. The van der Waals surface area contributed by atoms with Crippen molar-refractivity contribution < 1.29 is 14.3 Å². The molecule has 1 fully saturated rings. The van der Waals surface area contributed by atoms with Crippen LogP contribution in [0.25, 0.3) is 0 Å². The average Bonchev–Trinajstić information content (AvgIpc) is 2.35. The zero-order valence-corrected chi connectivity index (χ0v) is 11.7. The SMILES string of the molecule is CCOC(=O)C1(c2ccc(C(C)C)cc2)CC(=O)C1. The van der Waals surface area contributed by atoms with E-state index >= 15 is 0 Å². The zero-order chi connectivity index (χ0) is 14.0. The van der Waals surface area contributed by atoms with Crippen molar-refractivity contribution in [3.8, 4) is 0 Å². The Labute approximate surface area is 114 Å². The highest BCUT2D eigenvalue weighted by atomic mass is 16.5. The molecule has 1 aromatic rings. The zero-order valence-electron chi connectivity index (χ0n) is 11.7. The predicted molar refractivity (Wildman–Crippen MR) is 73.1 cm³/mol. The molecule has 0 amide bonds. The average molecular weight is 260 g/mol. The molecule has 0 N–H and O–H groups in total. The summed E-state index contributed by atoms with van der Waals surface area (Å²) < 4.78 is 5.14. The Morgan fingerprint density at radius 2 is 1.84 bits per heavy atom. The van der Waals surface area contributed by atoms with E-state index in [9.17, 15) is 9.59 Å². The first-order chi connectivity index (χ1) is 8.99. The normalized spacial score (nSPS) is 17.2. The summed E-state index contributed by atoms with van der Waals surface area (Å²) in [5.74, 6) is 0.309. The predicted octanol–water partition coefficient (Wildman–Crippen LogP) is 2.97. The van der Waals surface area contributed by atoms with Gasteiger partial charge in [0.15, 0.2) is 0 Å². The summed E-state index contributed by atoms with van der Waals surface area (Å²) in [6.07, 6.45) is 0.541. The fraction of sp³-hybridized carbons (Fsp3) is 0.500. The quantitative estimate of drug-likeness (QED) is 0.782. The van der Waals surface area contributed by atoms with Crippen molar-refractivity contribution in [3.05, 3.63) is 35.4 Å². The van der Waals surface area contributed by atoms with Gasteiger partial charge < -0.3 is 4.74 Å². The second-order valence-electron chi connectivity index (χ2n) is 5.47. The minimum atomic E-state index is -0.734. The van der Waals surface area contributed by atoms with E-state index in [2.05, 4.69) is 13.8 Å². The molecule has 3 nitrogen and oxygen atoms in total. The van der Waals surface area contributed by atoms with E-state index in [1.807, 2.05) is 24.3 Å². The molecule has 1 saturated carbocycles. The first kappa shape index (κ1) is 13.8. The van der Waals surface area contributed by atoms with Gasteiger partial charge in [0.05, 0.1) is 6.61 Å². The number of benzene rings is 1. The molecule has 0 aliphatic heterocycles. The van der Waals surface area contributed by atoms with Gasteiger partial charge in [-0.2, -0.15) is 0 Å². The lowest BCUT2D eigenvalue weighted by molar-refractivity contribution is -0.158. The minimum absolute atomic E-state index is 0.126. The van der Waals surface area contributed by atoms with Gasteiger partial charge in [-0.1, -0.05) is 38.1 Å². The number of esters is 1. The molecule has 0 bridgehead atoms. The van der Waals surface area contributed by atoms with Crippen molar-refractivity contribution in [1.82, 2.24) is 0 Å². The molecule has 0 spiro atoms. The summed E-state index contributed by atoms with van der Waals surface area (Å²) in [5, 5.41) is 0. The molecule has 0 unspecified atom stereocenters. The van der Waals surface area contributed by atoms with E-state index in [1.54, 1.807) is 6.92 Å². The highest BCUT2D eigenvalue weighted by molar-refractivity contribution is 6.02. The monoisotopic (exact) mass is 260 g/mol. The van der Waals surface area contributed by atoms with E-state index in [4.69, 9.17) is 4.74 Å². The topological polar surface area (TPSA) is 43.4 Å². The number of hydrogen-bond donors (Lipinski definition) is 0. The molecule has 0 heterocycles. The largest absolute Gasteiger partial charge is 0.465 e. The molecular weight excluding hydrogens is 240 g/mol. The molecule has 0 saturated heterocycles. The van der Waals surface area contributed by atoms with Crippen molar-refractivity contribution in [1.29, 1.82) is 0 Å². The van der Waals surface area contributed by atoms with E-state index < -0.39 is 5.41 Å². The van der Waals surface area contributed by atoms with Crippen LogP contribution in [0.15, 0.2) is 24.3 Å². The van der Waals surface area contributed by atoms with Gasteiger partial charge in [-0.25, -0.2) is 0 Å². The summed E-state index contributed by atoms with van der Waals surface area (Å²) >= 11 is 0. The summed E-state index contributed by atoms with van der Waals surface area (Å²) in [7, 11) is 0. The fourth-order valence-corrected chi connectivity index (χ4v) is 2.54. The van der Waals surface area contributed by atoms with Gasteiger partial charge >= 0.3 is 5.97 Å². The van der Waals surface area contributed by atoms with E-state index in [-0.39, 0.29) is 24.6 Å². The number of carbonyl (C=O) groups is 2. The summed E-state index contributed by atoms with van der Waals surface area (Å²) in [6.45, 7) is 6.39. The fourth-order valence-electron chi connectivity index (χ4n) is 2.54. The maximum atomic E-state index is 12.1. The Bertz CT molecular complexity index is 477. The highest BCUT2D eigenvalue weighted by Crippen LogP contribution is 2.42. The third kappa shape index (κ3) is 2.42. The second-order valence-corrected chi connectivity index (χ2v) is 5.47. The molecule has 102 valence electrons. The van der Waals surface area contributed by atoms with Crippen molar-refractivity contribution in [2.45, 2.75) is 44.9 Å². The summed E-state index contributed by atoms with van der Waals surface area (Å²) in [5.41, 5.74) is 1.39. The standard InChI is InChI=1S/C16H20O3/c1-4-19-15(18)16(9-14(17)10-16)13-7-5-12(6-8-13)11(2)3/h5-8,11H,4,9-10H2,1-3H3. The Hall–Kier alpha value is -1.64. The first-order valence-electron chi connectivity index (χ1n) is 6.79. The van der Waals surface area contributed by atoms with Crippen LogP contribution in [-0.2, 0) is 19.7 Å². The van der Waals surface area contributed by atoms with E-state index in [0.29, 0.717) is 12.5 Å². The van der Waals surface area contributed by atoms with Crippen LogP contribution in [-0.4, -0.2) is 18.4 Å². The molecule has 0 radical (unpaired) electrons. The molecule has 2 rings (SSSR count). The van der Waals surface area contributed by atoms with Crippen LogP contribution in [0.4, 0.5) is 0 Å². The van der Waals surface area contributed by atoms with Gasteiger partial charge in [0.2, 0.25) is 0 Å². The Morgan fingerprint density at radius 3 is 2.26 bits per heavy atom.